The maximum Gasteiger partial charge on any atom is 0.401 e. The Kier molecular flexibility index (Phi) is 10.0. The number of hydrogen-bond acceptors (Lipinski definition) is 2. The Bertz CT molecular complexity index is 583. The molecule has 1 aromatic rings. The minimum atomic E-state index is -4.12. The molecule has 0 spiro atoms. The fourth-order valence-corrected chi connectivity index (χ4v) is 3.17. The molecule has 0 bridgehead atoms. The second kappa shape index (κ2) is 11.2. The minimum Gasteiger partial charge on any atom is -0.356 e. The van der Waals surface area contributed by atoms with Crippen molar-refractivity contribution >= 4 is 41.5 Å². The summed E-state index contributed by atoms with van der Waals surface area (Å²) in [4.78, 5) is 5.61. The van der Waals surface area contributed by atoms with Gasteiger partial charge in [-0.1, -0.05) is 23.7 Å². The molecule has 1 saturated heterocycles. The molecule has 0 saturated carbocycles. The molecule has 0 radical (unpaired) electrons. The molecule has 1 aromatic carbocycles. The SMILES string of the molecule is CN=C(NCCc1cccc(Cl)c1)NCC1CCN(CC(F)(F)F)C1.I. The Morgan fingerprint density at radius 2 is 2.12 bits per heavy atom. The fraction of sp³-hybridized carbons (Fsp3) is 0.588. The Balaban J connectivity index is 0.00000338. The lowest BCUT2D eigenvalue weighted by molar-refractivity contribution is -0.143. The fourth-order valence-electron chi connectivity index (χ4n) is 2.96. The molecule has 4 nitrogen and oxygen atoms in total. The molecule has 26 heavy (non-hydrogen) atoms. The summed E-state index contributed by atoms with van der Waals surface area (Å²) in [6.07, 6.45) is -2.55. The van der Waals surface area contributed by atoms with Gasteiger partial charge in [-0.05, 0) is 43.0 Å². The second-order valence-corrected chi connectivity index (χ2v) is 6.70. The van der Waals surface area contributed by atoms with Crippen LogP contribution in [0.2, 0.25) is 5.02 Å². The van der Waals surface area contributed by atoms with Gasteiger partial charge in [-0.15, -0.1) is 24.0 Å². The van der Waals surface area contributed by atoms with Gasteiger partial charge >= 0.3 is 6.18 Å². The van der Waals surface area contributed by atoms with Crippen molar-refractivity contribution in [1.29, 1.82) is 0 Å². The van der Waals surface area contributed by atoms with E-state index in [1.807, 2.05) is 24.3 Å². The van der Waals surface area contributed by atoms with Gasteiger partial charge in [0.15, 0.2) is 5.96 Å². The number of halogens is 5. The Morgan fingerprint density at radius 3 is 2.77 bits per heavy atom. The summed E-state index contributed by atoms with van der Waals surface area (Å²) in [5, 5.41) is 7.12. The lowest BCUT2D eigenvalue weighted by Gasteiger charge is -2.18. The van der Waals surface area contributed by atoms with E-state index in [1.54, 1.807) is 7.05 Å². The van der Waals surface area contributed by atoms with Crippen LogP contribution in [-0.4, -0.2) is 56.8 Å². The van der Waals surface area contributed by atoms with E-state index in [0.29, 0.717) is 37.2 Å². The summed E-state index contributed by atoms with van der Waals surface area (Å²) in [6, 6.07) is 7.69. The highest BCUT2D eigenvalue weighted by molar-refractivity contribution is 14.0. The van der Waals surface area contributed by atoms with Crippen LogP contribution in [0.25, 0.3) is 0 Å². The van der Waals surface area contributed by atoms with Crippen LogP contribution >= 0.6 is 35.6 Å². The van der Waals surface area contributed by atoms with Crippen LogP contribution < -0.4 is 10.6 Å². The molecule has 1 fully saturated rings. The van der Waals surface area contributed by atoms with Gasteiger partial charge < -0.3 is 10.6 Å². The van der Waals surface area contributed by atoms with Crippen LogP contribution in [0.1, 0.15) is 12.0 Å². The van der Waals surface area contributed by atoms with Gasteiger partial charge in [0, 0.05) is 31.7 Å². The first-order chi connectivity index (χ1) is 11.9. The number of aliphatic imine (C=N–C) groups is 1. The summed E-state index contributed by atoms with van der Waals surface area (Å²) in [5.74, 6) is 0.866. The molecule has 0 aliphatic carbocycles. The van der Waals surface area contributed by atoms with E-state index in [9.17, 15) is 13.2 Å². The minimum absolute atomic E-state index is 0. The normalized spacial score (nSPS) is 18.5. The Labute approximate surface area is 174 Å². The van der Waals surface area contributed by atoms with Gasteiger partial charge in [0.2, 0.25) is 0 Å². The molecule has 1 unspecified atom stereocenters. The standard InChI is InChI=1S/C17H24ClF3N4.HI/c1-22-16(23-7-5-13-3-2-4-15(18)9-13)24-10-14-6-8-25(11-14)12-17(19,20)21;/h2-4,9,14H,5-8,10-12H2,1H3,(H2,22,23,24);1H. The molecule has 1 atom stereocenters. The maximum absolute atomic E-state index is 12.4. The predicted molar refractivity (Wildman–Crippen MR) is 111 cm³/mol. The highest BCUT2D eigenvalue weighted by Crippen LogP contribution is 2.22. The van der Waals surface area contributed by atoms with Gasteiger partial charge in [-0.25, -0.2) is 0 Å². The van der Waals surface area contributed by atoms with Gasteiger partial charge in [0.05, 0.1) is 6.54 Å². The molecule has 1 aliphatic heterocycles. The van der Waals surface area contributed by atoms with E-state index in [0.717, 1.165) is 18.4 Å². The molecule has 2 rings (SSSR count). The van der Waals surface area contributed by atoms with Crippen molar-refractivity contribution in [2.24, 2.45) is 10.9 Å². The molecule has 1 aliphatic rings. The molecule has 0 amide bonds. The number of alkyl halides is 3. The molecule has 1 heterocycles. The van der Waals surface area contributed by atoms with Gasteiger partial charge in [-0.2, -0.15) is 13.2 Å². The highest BCUT2D eigenvalue weighted by atomic mass is 127. The number of nitrogens with zero attached hydrogens (tertiary/aromatic N) is 2. The Morgan fingerprint density at radius 1 is 1.35 bits per heavy atom. The van der Waals surface area contributed by atoms with E-state index in [-0.39, 0.29) is 29.9 Å². The average Bonchev–Trinajstić information content (AvgIpc) is 2.96. The van der Waals surface area contributed by atoms with Crippen molar-refractivity contribution in [3.63, 3.8) is 0 Å². The summed E-state index contributed by atoms with van der Waals surface area (Å²) >= 11 is 5.96. The summed E-state index contributed by atoms with van der Waals surface area (Å²) < 4.78 is 37.2. The van der Waals surface area contributed by atoms with E-state index in [2.05, 4.69) is 15.6 Å². The maximum atomic E-state index is 12.4. The quantitative estimate of drug-likeness (QED) is 0.354. The molecular formula is C17H25ClF3IN4. The van der Waals surface area contributed by atoms with E-state index in [4.69, 9.17) is 11.6 Å². The first-order valence-corrected chi connectivity index (χ1v) is 8.71. The highest BCUT2D eigenvalue weighted by Gasteiger charge is 2.34. The molecule has 148 valence electrons. The van der Waals surface area contributed by atoms with E-state index in [1.165, 1.54) is 4.90 Å². The van der Waals surface area contributed by atoms with Crippen molar-refractivity contribution in [1.82, 2.24) is 15.5 Å². The van der Waals surface area contributed by atoms with Crippen molar-refractivity contribution in [3.8, 4) is 0 Å². The smallest absolute Gasteiger partial charge is 0.356 e. The first-order valence-electron chi connectivity index (χ1n) is 8.34. The number of rotatable bonds is 6. The third-order valence-corrected chi connectivity index (χ3v) is 4.38. The van der Waals surface area contributed by atoms with Crippen LogP contribution in [-0.2, 0) is 6.42 Å². The molecular weight excluding hydrogens is 480 g/mol. The first kappa shape index (κ1) is 23.3. The summed E-state index contributed by atoms with van der Waals surface area (Å²) in [6.45, 7) is 1.45. The second-order valence-electron chi connectivity index (χ2n) is 6.26. The zero-order chi connectivity index (χ0) is 18.3. The molecule has 2 N–H and O–H groups in total. The summed E-state index contributed by atoms with van der Waals surface area (Å²) in [5.41, 5.74) is 1.13. The van der Waals surface area contributed by atoms with Crippen molar-refractivity contribution in [2.45, 2.75) is 19.0 Å². The Hall–Kier alpha value is -0.740. The van der Waals surface area contributed by atoms with E-state index < -0.39 is 12.7 Å². The van der Waals surface area contributed by atoms with Crippen molar-refractivity contribution in [2.75, 3.05) is 39.8 Å². The number of likely N-dealkylation sites (tertiary alicyclic amines) is 1. The number of guanidine groups is 1. The van der Waals surface area contributed by atoms with Crippen molar-refractivity contribution in [3.05, 3.63) is 34.9 Å². The van der Waals surface area contributed by atoms with Gasteiger partial charge in [0.25, 0.3) is 0 Å². The molecule has 9 heteroatoms. The predicted octanol–water partition coefficient (Wildman–Crippen LogP) is 3.55. The zero-order valence-corrected chi connectivity index (χ0v) is 17.7. The third-order valence-electron chi connectivity index (χ3n) is 4.15. The monoisotopic (exact) mass is 504 g/mol. The van der Waals surface area contributed by atoms with Gasteiger partial charge in [0.1, 0.15) is 0 Å². The topological polar surface area (TPSA) is 39.7 Å². The zero-order valence-electron chi connectivity index (χ0n) is 14.7. The van der Waals surface area contributed by atoms with Gasteiger partial charge in [-0.3, -0.25) is 9.89 Å². The van der Waals surface area contributed by atoms with Crippen LogP contribution in [0.3, 0.4) is 0 Å². The number of nitrogens with one attached hydrogen (secondary N) is 2. The lowest BCUT2D eigenvalue weighted by Crippen LogP contribution is -2.41. The van der Waals surface area contributed by atoms with Crippen LogP contribution in [0, 0.1) is 5.92 Å². The summed E-state index contributed by atoms with van der Waals surface area (Å²) in [7, 11) is 1.68. The number of hydrogen-bond donors (Lipinski definition) is 2. The van der Waals surface area contributed by atoms with Crippen molar-refractivity contribution < 1.29 is 13.2 Å². The lowest BCUT2D eigenvalue weighted by atomic mass is 10.1. The average molecular weight is 505 g/mol. The largest absolute Gasteiger partial charge is 0.401 e. The third kappa shape index (κ3) is 8.77. The van der Waals surface area contributed by atoms with Crippen LogP contribution in [0.15, 0.2) is 29.3 Å². The number of benzene rings is 1. The van der Waals surface area contributed by atoms with Crippen LogP contribution in [0.5, 0.6) is 0 Å². The van der Waals surface area contributed by atoms with Crippen LogP contribution in [0.4, 0.5) is 13.2 Å². The van der Waals surface area contributed by atoms with E-state index >= 15 is 0 Å². The molecule has 0 aromatic heterocycles.